The van der Waals surface area contributed by atoms with Gasteiger partial charge in [0, 0.05) is 18.6 Å². The molecule has 150 valence electrons. The van der Waals surface area contributed by atoms with Crippen molar-refractivity contribution < 1.29 is 26.4 Å². The summed E-state index contributed by atoms with van der Waals surface area (Å²) in [5.74, 6) is -0.641. The molecule has 0 aromatic heterocycles. The van der Waals surface area contributed by atoms with Gasteiger partial charge in [-0.3, -0.25) is 4.79 Å². The van der Waals surface area contributed by atoms with Gasteiger partial charge in [0.25, 0.3) is 5.91 Å². The van der Waals surface area contributed by atoms with Crippen LogP contribution in [0.1, 0.15) is 41.6 Å². The average Bonchev–Trinajstić information content (AvgIpc) is 2.50. The quantitative estimate of drug-likeness (QED) is 0.716. The molecular weight excluding hydrogens is 397 g/mol. The molecule has 0 atom stereocenters. The van der Waals surface area contributed by atoms with Crippen molar-refractivity contribution in [2.45, 2.75) is 37.4 Å². The van der Waals surface area contributed by atoms with Gasteiger partial charge in [-0.1, -0.05) is 0 Å². The van der Waals surface area contributed by atoms with Gasteiger partial charge in [-0.05, 0) is 43.9 Å². The van der Waals surface area contributed by atoms with Crippen molar-refractivity contribution in [3.05, 3.63) is 29.3 Å². The van der Waals surface area contributed by atoms with Crippen molar-refractivity contribution >= 4 is 22.5 Å². The predicted octanol–water partition coefficient (Wildman–Crippen LogP) is 1.73. The van der Waals surface area contributed by atoms with Gasteiger partial charge >= 0.3 is 6.18 Å². The molecule has 7 nitrogen and oxygen atoms in total. The summed E-state index contributed by atoms with van der Waals surface area (Å²) in [5, 5.41) is 13.3. The summed E-state index contributed by atoms with van der Waals surface area (Å²) in [6.07, 6.45) is -3.97. The first-order chi connectivity index (χ1) is 13.1. The Balaban J connectivity index is 1.60. The van der Waals surface area contributed by atoms with Crippen LogP contribution in [0.4, 0.5) is 18.9 Å². The number of carbonyl (C=O) groups excluding carboxylic acids is 1. The highest BCUT2D eigenvalue weighted by atomic mass is 32.2. The van der Waals surface area contributed by atoms with Crippen LogP contribution in [0.25, 0.3) is 0 Å². The Kier molecular flexibility index (Phi) is 4.13. The summed E-state index contributed by atoms with van der Waals surface area (Å²) in [6.45, 7) is 0.971. The molecule has 4 fully saturated rings. The minimum absolute atomic E-state index is 0.0101. The number of hydrogen-bond donors (Lipinski definition) is 2. The van der Waals surface area contributed by atoms with E-state index >= 15 is 0 Å². The van der Waals surface area contributed by atoms with Crippen molar-refractivity contribution in [2.75, 3.05) is 17.5 Å². The van der Waals surface area contributed by atoms with E-state index in [1.54, 1.807) is 0 Å². The summed E-state index contributed by atoms with van der Waals surface area (Å²) >= 11 is 0. The number of hydrazine groups is 1. The fourth-order valence-electron chi connectivity index (χ4n) is 4.32. The lowest BCUT2D eigenvalue weighted by molar-refractivity contribution is -0.336. The Labute approximate surface area is 160 Å². The molecule has 0 spiro atoms. The van der Waals surface area contributed by atoms with E-state index in [-0.39, 0.29) is 36.1 Å². The number of nitrogens with zero attached hydrogens (tertiary/aromatic N) is 3. The number of hydrogen-bond acceptors (Lipinski definition) is 5. The number of carbonyl (C=O) groups is 1. The monoisotopic (exact) mass is 414 g/mol. The standard InChI is InChI=1S/C17H17F3N4O3S/c18-17(19,20)15-8-16(9-15,10-15)22-14(25)12-3-2-11(7-21)6-13(12)24(28(26)27)23-4-1-5-23/h2-3,6,28H,1,4-5,8-10H2,(H,22,25). The molecule has 1 saturated heterocycles. The first kappa shape index (κ1) is 19.0. The minimum atomic E-state index is -4.28. The van der Waals surface area contributed by atoms with Crippen molar-refractivity contribution in [3.8, 4) is 6.07 Å². The highest BCUT2D eigenvalue weighted by Gasteiger charge is 2.79. The number of rotatable bonds is 5. The number of benzene rings is 1. The van der Waals surface area contributed by atoms with Crippen LogP contribution in [0.3, 0.4) is 0 Å². The molecular formula is C17H17F3N4O3S. The summed E-state index contributed by atoms with van der Waals surface area (Å²) < 4.78 is 63.6. The van der Waals surface area contributed by atoms with Crippen molar-refractivity contribution in [1.29, 1.82) is 5.26 Å². The molecule has 11 heteroatoms. The molecule has 5 rings (SSSR count). The Hall–Kier alpha value is -2.32. The molecule has 0 unspecified atom stereocenters. The number of amides is 1. The zero-order chi connectivity index (χ0) is 20.3. The van der Waals surface area contributed by atoms with Crippen LogP contribution in [-0.4, -0.2) is 44.1 Å². The van der Waals surface area contributed by atoms with Gasteiger partial charge in [-0.2, -0.15) is 18.4 Å². The minimum Gasteiger partial charge on any atom is -0.346 e. The van der Waals surface area contributed by atoms with Gasteiger partial charge in [0.05, 0.1) is 28.3 Å². The van der Waals surface area contributed by atoms with E-state index in [4.69, 9.17) is 5.26 Å². The van der Waals surface area contributed by atoms with E-state index in [2.05, 4.69) is 5.32 Å². The van der Waals surface area contributed by atoms with Crippen molar-refractivity contribution in [1.82, 2.24) is 10.3 Å². The Bertz CT molecular complexity index is 938. The molecule has 3 saturated carbocycles. The Morgan fingerprint density at radius 1 is 1.25 bits per heavy atom. The second-order valence-electron chi connectivity index (χ2n) is 7.72. The van der Waals surface area contributed by atoms with Gasteiger partial charge in [0.2, 0.25) is 10.9 Å². The Morgan fingerprint density at radius 3 is 2.36 bits per heavy atom. The van der Waals surface area contributed by atoms with Crippen LogP contribution in [0.5, 0.6) is 0 Å². The molecule has 2 bridgehead atoms. The molecule has 1 aliphatic heterocycles. The smallest absolute Gasteiger partial charge is 0.346 e. The van der Waals surface area contributed by atoms with Gasteiger partial charge in [0.1, 0.15) is 0 Å². The van der Waals surface area contributed by atoms with Crippen LogP contribution in [-0.2, 0) is 10.9 Å². The number of nitriles is 1. The van der Waals surface area contributed by atoms with Gasteiger partial charge in [-0.15, -0.1) is 0 Å². The molecule has 1 heterocycles. The molecule has 1 N–H and O–H groups in total. The lowest BCUT2D eigenvalue weighted by Gasteiger charge is -2.70. The topological polar surface area (TPSA) is 93.5 Å². The first-order valence-electron chi connectivity index (χ1n) is 8.73. The Morgan fingerprint density at radius 2 is 1.89 bits per heavy atom. The number of halogens is 3. The second kappa shape index (κ2) is 6.09. The third kappa shape index (κ3) is 2.74. The maximum atomic E-state index is 13.0. The maximum absolute atomic E-state index is 13.0. The van der Waals surface area contributed by atoms with Crippen LogP contribution in [0.2, 0.25) is 0 Å². The summed E-state index contributed by atoms with van der Waals surface area (Å²) in [5.41, 5.74) is -2.37. The van der Waals surface area contributed by atoms with E-state index in [1.165, 1.54) is 23.2 Å². The first-order valence-corrected chi connectivity index (χ1v) is 9.86. The number of nitrogens with one attached hydrogen (secondary N) is 1. The van der Waals surface area contributed by atoms with E-state index < -0.39 is 33.9 Å². The van der Waals surface area contributed by atoms with Crippen molar-refractivity contribution in [2.24, 2.45) is 5.41 Å². The molecule has 28 heavy (non-hydrogen) atoms. The molecule has 1 aromatic carbocycles. The van der Waals surface area contributed by atoms with Crippen LogP contribution >= 0.6 is 0 Å². The molecule has 1 amide bonds. The van der Waals surface area contributed by atoms with Gasteiger partial charge < -0.3 is 5.32 Å². The third-order valence-electron chi connectivity index (χ3n) is 5.85. The normalized spacial score (nSPS) is 28.5. The number of alkyl halides is 3. The van der Waals surface area contributed by atoms with Crippen LogP contribution in [0.15, 0.2) is 18.2 Å². The van der Waals surface area contributed by atoms with Crippen molar-refractivity contribution in [3.63, 3.8) is 0 Å². The second-order valence-corrected chi connectivity index (χ2v) is 8.58. The van der Waals surface area contributed by atoms with E-state index in [9.17, 15) is 26.4 Å². The molecule has 3 aliphatic carbocycles. The number of anilines is 1. The predicted molar refractivity (Wildman–Crippen MR) is 92.7 cm³/mol. The summed E-state index contributed by atoms with van der Waals surface area (Å²) in [6, 6.07) is 5.92. The molecule has 4 aliphatic rings. The molecule has 0 radical (unpaired) electrons. The number of thiol groups is 1. The summed E-state index contributed by atoms with van der Waals surface area (Å²) in [7, 11) is -3.11. The highest BCUT2D eigenvalue weighted by molar-refractivity contribution is 7.73. The maximum Gasteiger partial charge on any atom is 0.394 e. The highest BCUT2D eigenvalue weighted by Crippen LogP contribution is 2.73. The van der Waals surface area contributed by atoms with E-state index in [1.807, 2.05) is 6.07 Å². The zero-order valence-electron chi connectivity index (χ0n) is 14.6. The zero-order valence-corrected chi connectivity index (χ0v) is 15.5. The average molecular weight is 414 g/mol. The largest absolute Gasteiger partial charge is 0.394 e. The van der Waals surface area contributed by atoms with Gasteiger partial charge in [0.15, 0.2) is 0 Å². The van der Waals surface area contributed by atoms with Gasteiger partial charge in [-0.25, -0.2) is 17.8 Å². The van der Waals surface area contributed by atoms with Crippen LogP contribution in [0, 0.1) is 16.7 Å². The SMILES string of the molecule is N#Cc1ccc(C(=O)NC23CC(C(F)(F)F)(C2)C3)c(N(N2CCC2)[SH](=O)=O)c1. The fourth-order valence-corrected chi connectivity index (χ4v) is 5.05. The molecule has 1 aromatic rings. The fraction of sp³-hybridized carbons (Fsp3) is 0.529. The summed E-state index contributed by atoms with van der Waals surface area (Å²) in [4.78, 5) is 12.8. The van der Waals surface area contributed by atoms with E-state index in [0.717, 1.165) is 10.8 Å². The van der Waals surface area contributed by atoms with E-state index in [0.29, 0.717) is 13.1 Å². The lowest BCUT2D eigenvalue weighted by atomic mass is 9.39. The third-order valence-corrected chi connectivity index (χ3v) is 6.63. The van der Waals surface area contributed by atoms with Crippen LogP contribution < -0.4 is 9.73 Å². The lowest BCUT2D eigenvalue weighted by Crippen LogP contribution is -2.78.